The molecule has 0 amide bonds. The van der Waals surface area contributed by atoms with E-state index in [2.05, 4.69) is 20.0 Å². The first-order chi connectivity index (χ1) is 9.51. The van der Waals surface area contributed by atoms with Crippen LogP contribution in [0.25, 0.3) is 0 Å². The van der Waals surface area contributed by atoms with Gasteiger partial charge in [0.05, 0.1) is 12.4 Å². The summed E-state index contributed by atoms with van der Waals surface area (Å²) in [5.41, 5.74) is 0. The third kappa shape index (κ3) is 3.97. The van der Waals surface area contributed by atoms with Crippen LogP contribution >= 0.6 is 0 Å². The fourth-order valence-electron chi connectivity index (χ4n) is 1.90. The van der Waals surface area contributed by atoms with Crippen molar-refractivity contribution in [2.24, 2.45) is 0 Å². The van der Waals surface area contributed by atoms with Crippen LogP contribution in [0.5, 0.6) is 0 Å². The molecule has 1 aliphatic rings. The van der Waals surface area contributed by atoms with Gasteiger partial charge in [-0.3, -0.25) is 4.21 Å². The van der Waals surface area contributed by atoms with Gasteiger partial charge in [0.2, 0.25) is 16.0 Å². The van der Waals surface area contributed by atoms with Gasteiger partial charge in [-0.15, -0.1) is 0 Å². The summed E-state index contributed by atoms with van der Waals surface area (Å²) in [6.45, 7) is 2.58. The summed E-state index contributed by atoms with van der Waals surface area (Å²) in [6, 6.07) is -0.161. The monoisotopic (exact) mass is 318 g/mol. The Morgan fingerprint density at radius 1 is 1.30 bits per heavy atom. The molecule has 0 unspecified atom stereocenters. The Labute approximate surface area is 121 Å². The predicted octanol–water partition coefficient (Wildman–Crippen LogP) is 0.0978. The molecule has 1 aromatic rings. The van der Waals surface area contributed by atoms with Crippen molar-refractivity contribution in [1.82, 2.24) is 14.7 Å². The summed E-state index contributed by atoms with van der Waals surface area (Å²) in [5.74, 6) is 1.49. The largest absolute Gasteiger partial charge is 0.355 e. The number of anilines is 1. The lowest BCUT2D eigenvalue weighted by molar-refractivity contribution is 0.521. The fraction of sp³-hybridized carbons (Fsp3) is 0.636. The van der Waals surface area contributed by atoms with Gasteiger partial charge in [0.15, 0.2) is 0 Å². The zero-order chi connectivity index (χ0) is 14.6. The maximum absolute atomic E-state index is 12.2. The zero-order valence-corrected chi connectivity index (χ0v) is 12.8. The van der Waals surface area contributed by atoms with E-state index in [1.807, 2.05) is 6.92 Å². The van der Waals surface area contributed by atoms with Crippen LogP contribution in [0, 0.1) is 0 Å². The molecule has 2 rings (SSSR count). The molecule has 112 valence electrons. The first-order valence-corrected chi connectivity index (χ1v) is 9.41. The van der Waals surface area contributed by atoms with E-state index >= 15 is 0 Å². The first kappa shape index (κ1) is 15.3. The van der Waals surface area contributed by atoms with E-state index in [0.29, 0.717) is 36.8 Å². The number of hydrogen-bond acceptors (Lipinski definition) is 6. The Kier molecular flexibility index (Phi) is 5.06. The van der Waals surface area contributed by atoms with E-state index in [0.717, 1.165) is 0 Å². The Morgan fingerprint density at radius 2 is 1.90 bits per heavy atom. The minimum Gasteiger partial charge on any atom is -0.355 e. The van der Waals surface area contributed by atoms with E-state index in [9.17, 15) is 12.6 Å². The standard InChI is InChI=1S/C11H18N4O3S2/c1-2-12-11-13-7-10(8-14-11)20(17,18)15-9-3-5-19(16)6-4-9/h7-9,15H,2-6H2,1H3,(H,12,13,14). The van der Waals surface area contributed by atoms with E-state index < -0.39 is 20.8 Å². The summed E-state index contributed by atoms with van der Waals surface area (Å²) in [6.07, 6.45) is 3.77. The summed E-state index contributed by atoms with van der Waals surface area (Å²) in [7, 11) is -4.42. The van der Waals surface area contributed by atoms with Gasteiger partial charge >= 0.3 is 0 Å². The summed E-state index contributed by atoms with van der Waals surface area (Å²) in [4.78, 5) is 7.95. The number of rotatable bonds is 5. The maximum Gasteiger partial charge on any atom is 0.243 e. The smallest absolute Gasteiger partial charge is 0.243 e. The van der Waals surface area contributed by atoms with Crippen LogP contribution in [0.3, 0.4) is 0 Å². The maximum atomic E-state index is 12.2. The van der Waals surface area contributed by atoms with Crippen LogP contribution in [0.2, 0.25) is 0 Å². The normalized spacial score (nSPS) is 23.4. The van der Waals surface area contributed by atoms with Gasteiger partial charge in [-0.1, -0.05) is 0 Å². The Hall–Kier alpha value is -1.06. The molecular weight excluding hydrogens is 300 g/mol. The molecule has 9 heteroatoms. The molecule has 0 aromatic carbocycles. The molecule has 1 fully saturated rings. The van der Waals surface area contributed by atoms with Crippen molar-refractivity contribution in [3.05, 3.63) is 12.4 Å². The summed E-state index contributed by atoms with van der Waals surface area (Å²) >= 11 is 0. The number of aromatic nitrogens is 2. The fourth-order valence-corrected chi connectivity index (χ4v) is 4.40. The zero-order valence-electron chi connectivity index (χ0n) is 11.2. The molecule has 7 nitrogen and oxygen atoms in total. The average molecular weight is 318 g/mol. The van der Waals surface area contributed by atoms with Crippen LogP contribution in [-0.2, 0) is 20.8 Å². The average Bonchev–Trinajstić information content (AvgIpc) is 2.42. The van der Waals surface area contributed by atoms with Gasteiger partial charge in [0.1, 0.15) is 4.90 Å². The van der Waals surface area contributed by atoms with Crippen molar-refractivity contribution in [1.29, 1.82) is 0 Å². The first-order valence-electron chi connectivity index (χ1n) is 6.44. The van der Waals surface area contributed by atoms with Crippen molar-refractivity contribution < 1.29 is 12.6 Å². The SMILES string of the molecule is CCNc1ncc(S(=O)(=O)NC2CCS(=O)CC2)cn1. The highest BCUT2D eigenvalue weighted by Gasteiger charge is 2.24. The lowest BCUT2D eigenvalue weighted by Gasteiger charge is -2.22. The molecule has 2 N–H and O–H groups in total. The second kappa shape index (κ2) is 6.59. The third-order valence-corrected chi connectivity index (χ3v) is 5.84. The molecule has 1 saturated heterocycles. The van der Waals surface area contributed by atoms with Gasteiger partial charge in [-0.25, -0.2) is 23.1 Å². The van der Waals surface area contributed by atoms with Crippen LogP contribution in [0.15, 0.2) is 17.3 Å². The molecule has 0 saturated carbocycles. The molecule has 0 spiro atoms. The topological polar surface area (TPSA) is 101 Å². The Balaban J connectivity index is 2.04. The number of sulfonamides is 1. The van der Waals surface area contributed by atoms with Gasteiger partial charge in [0, 0.05) is 34.9 Å². The Morgan fingerprint density at radius 3 is 2.45 bits per heavy atom. The van der Waals surface area contributed by atoms with E-state index in [4.69, 9.17) is 0 Å². The quantitative estimate of drug-likeness (QED) is 0.798. The summed E-state index contributed by atoms with van der Waals surface area (Å²) in [5, 5.41) is 2.90. The van der Waals surface area contributed by atoms with Crippen LogP contribution in [0.4, 0.5) is 5.95 Å². The lowest BCUT2D eigenvalue weighted by atomic mass is 10.2. The Bertz CT molecular complexity index is 564. The molecule has 20 heavy (non-hydrogen) atoms. The molecule has 0 atom stereocenters. The van der Waals surface area contributed by atoms with Crippen molar-refractivity contribution in [2.45, 2.75) is 30.7 Å². The van der Waals surface area contributed by atoms with Gasteiger partial charge in [-0.05, 0) is 19.8 Å². The third-order valence-electron chi connectivity index (χ3n) is 2.98. The number of nitrogens with one attached hydrogen (secondary N) is 2. The highest BCUT2D eigenvalue weighted by atomic mass is 32.2. The van der Waals surface area contributed by atoms with Crippen LogP contribution in [0.1, 0.15) is 19.8 Å². The van der Waals surface area contributed by atoms with Crippen molar-refractivity contribution in [2.75, 3.05) is 23.4 Å². The molecule has 0 aliphatic carbocycles. The van der Waals surface area contributed by atoms with Crippen LogP contribution in [-0.4, -0.2) is 46.7 Å². The van der Waals surface area contributed by atoms with Crippen molar-refractivity contribution in [3.63, 3.8) is 0 Å². The second-order valence-electron chi connectivity index (χ2n) is 4.52. The summed E-state index contributed by atoms with van der Waals surface area (Å²) < 4.78 is 38.2. The number of hydrogen-bond donors (Lipinski definition) is 2. The highest BCUT2D eigenvalue weighted by Crippen LogP contribution is 2.14. The predicted molar refractivity (Wildman–Crippen MR) is 77.4 cm³/mol. The molecule has 1 aromatic heterocycles. The van der Waals surface area contributed by atoms with Crippen molar-refractivity contribution >= 4 is 26.8 Å². The molecule has 2 heterocycles. The minimum absolute atomic E-state index is 0.0471. The molecular formula is C11H18N4O3S2. The van der Waals surface area contributed by atoms with Gasteiger partial charge < -0.3 is 5.32 Å². The lowest BCUT2D eigenvalue weighted by Crippen LogP contribution is -2.39. The minimum atomic E-state index is -3.61. The number of nitrogens with zero attached hydrogens (tertiary/aromatic N) is 2. The van der Waals surface area contributed by atoms with E-state index in [-0.39, 0.29) is 10.9 Å². The van der Waals surface area contributed by atoms with Gasteiger partial charge in [0.25, 0.3) is 0 Å². The molecule has 0 bridgehead atoms. The molecule has 1 aliphatic heterocycles. The van der Waals surface area contributed by atoms with E-state index in [1.165, 1.54) is 12.4 Å². The van der Waals surface area contributed by atoms with Gasteiger partial charge in [-0.2, -0.15) is 0 Å². The van der Waals surface area contributed by atoms with Crippen molar-refractivity contribution in [3.8, 4) is 0 Å². The molecule has 0 radical (unpaired) electrons. The second-order valence-corrected chi connectivity index (χ2v) is 7.93. The van der Waals surface area contributed by atoms with Crippen LogP contribution < -0.4 is 10.0 Å². The highest BCUT2D eigenvalue weighted by molar-refractivity contribution is 7.89. The van der Waals surface area contributed by atoms with E-state index in [1.54, 1.807) is 0 Å².